The molecule has 0 saturated carbocycles. The van der Waals surface area contributed by atoms with Crippen LogP contribution >= 0.6 is 0 Å². The molecule has 1 aromatic rings. The second kappa shape index (κ2) is 2.80. The molecule has 0 aromatic heterocycles. The molecule has 0 aliphatic rings. The Bertz CT molecular complexity index is 258. The second-order valence-corrected chi connectivity index (χ2v) is 2.61. The van der Waals surface area contributed by atoms with E-state index in [1.54, 1.807) is 18.2 Å². The number of aromatic hydroxyl groups is 1. The summed E-state index contributed by atoms with van der Waals surface area (Å²) in [5, 5.41) is 9.17. The van der Waals surface area contributed by atoms with Crippen molar-refractivity contribution in [3.05, 3.63) is 23.8 Å². The van der Waals surface area contributed by atoms with E-state index in [1.165, 1.54) is 0 Å². The number of anilines is 1. The van der Waals surface area contributed by atoms with E-state index >= 15 is 0 Å². The molecular weight excluding hydrogens is 140 g/mol. The molecule has 3 heteroatoms. The molecule has 11 heavy (non-hydrogen) atoms. The van der Waals surface area contributed by atoms with Gasteiger partial charge in [-0.05, 0) is 24.6 Å². The van der Waals surface area contributed by atoms with Gasteiger partial charge in [0.1, 0.15) is 5.75 Å². The fourth-order valence-electron chi connectivity index (χ4n) is 0.844. The van der Waals surface area contributed by atoms with Crippen molar-refractivity contribution in [3.8, 4) is 5.75 Å². The molecule has 0 fully saturated rings. The van der Waals surface area contributed by atoms with Crippen LogP contribution in [0.1, 0.15) is 18.5 Å². The maximum atomic E-state index is 9.17. The SMILES string of the molecule is C[C@@H](N)c1ccc(N)c(O)c1. The Hall–Kier alpha value is -1.22. The molecule has 0 aliphatic heterocycles. The lowest BCUT2D eigenvalue weighted by atomic mass is 10.1. The van der Waals surface area contributed by atoms with Crippen molar-refractivity contribution in [2.24, 2.45) is 5.73 Å². The van der Waals surface area contributed by atoms with Gasteiger partial charge in [0.05, 0.1) is 5.69 Å². The van der Waals surface area contributed by atoms with E-state index < -0.39 is 0 Å². The first kappa shape index (κ1) is 7.88. The maximum Gasteiger partial charge on any atom is 0.138 e. The summed E-state index contributed by atoms with van der Waals surface area (Å²) in [4.78, 5) is 0. The second-order valence-electron chi connectivity index (χ2n) is 2.61. The molecule has 0 spiro atoms. The van der Waals surface area contributed by atoms with Crippen LogP contribution < -0.4 is 11.5 Å². The minimum Gasteiger partial charge on any atom is -0.506 e. The van der Waals surface area contributed by atoms with Crippen LogP contribution in [-0.2, 0) is 0 Å². The number of hydrogen-bond acceptors (Lipinski definition) is 3. The average Bonchev–Trinajstić information content (AvgIpc) is 1.94. The highest BCUT2D eigenvalue weighted by atomic mass is 16.3. The predicted octanol–water partition coefficient (Wildman–Crippen LogP) is 0.994. The minimum atomic E-state index is -0.0681. The van der Waals surface area contributed by atoms with Gasteiger partial charge in [-0.3, -0.25) is 0 Å². The van der Waals surface area contributed by atoms with Gasteiger partial charge in [-0.15, -0.1) is 0 Å². The van der Waals surface area contributed by atoms with Gasteiger partial charge in [0, 0.05) is 6.04 Å². The number of phenolic OH excluding ortho intramolecular Hbond substituents is 1. The van der Waals surface area contributed by atoms with Crippen molar-refractivity contribution < 1.29 is 5.11 Å². The van der Waals surface area contributed by atoms with Crippen LogP contribution in [0.3, 0.4) is 0 Å². The molecule has 0 bridgehead atoms. The third kappa shape index (κ3) is 1.62. The summed E-state index contributed by atoms with van der Waals surface area (Å²) in [6, 6.07) is 4.97. The zero-order valence-electron chi connectivity index (χ0n) is 6.41. The van der Waals surface area contributed by atoms with Crippen molar-refractivity contribution in [1.82, 2.24) is 0 Å². The fourth-order valence-corrected chi connectivity index (χ4v) is 0.844. The molecule has 3 nitrogen and oxygen atoms in total. The van der Waals surface area contributed by atoms with Gasteiger partial charge in [-0.1, -0.05) is 6.07 Å². The molecule has 0 radical (unpaired) electrons. The van der Waals surface area contributed by atoms with Gasteiger partial charge >= 0.3 is 0 Å². The highest BCUT2D eigenvalue weighted by Crippen LogP contribution is 2.23. The van der Waals surface area contributed by atoms with E-state index in [1.807, 2.05) is 6.92 Å². The molecule has 5 N–H and O–H groups in total. The molecule has 0 saturated heterocycles. The van der Waals surface area contributed by atoms with E-state index in [4.69, 9.17) is 16.6 Å². The molecule has 60 valence electrons. The van der Waals surface area contributed by atoms with Crippen molar-refractivity contribution in [2.75, 3.05) is 5.73 Å². The van der Waals surface area contributed by atoms with Crippen LogP contribution in [0.25, 0.3) is 0 Å². The first-order chi connectivity index (χ1) is 5.11. The van der Waals surface area contributed by atoms with Gasteiger partial charge in [-0.25, -0.2) is 0 Å². The average molecular weight is 152 g/mol. The zero-order chi connectivity index (χ0) is 8.43. The van der Waals surface area contributed by atoms with Crippen LogP contribution in [0.15, 0.2) is 18.2 Å². The van der Waals surface area contributed by atoms with Gasteiger partial charge in [0.15, 0.2) is 0 Å². The molecule has 1 atom stereocenters. The third-order valence-corrected chi connectivity index (χ3v) is 1.58. The van der Waals surface area contributed by atoms with E-state index in [-0.39, 0.29) is 11.8 Å². The molecule has 0 amide bonds. The lowest BCUT2D eigenvalue weighted by molar-refractivity contribution is 0.476. The summed E-state index contributed by atoms with van der Waals surface area (Å²) in [5.41, 5.74) is 12.2. The lowest BCUT2D eigenvalue weighted by Gasteiger charge is -2.06. The van der Waals surface area contributed by atoms with Gasteiger partial charge in [0.2, 0.25) is 0 Å². The normalized spacial score (nSPS) is 12.9. The van der Waals surface area contributed by atoms with Crippen molar-refractivity contribution in [1.29, 1.82) is 0 Å². The standard InChI is InChI=1S/C8H12N2O/c1-5(9)6-2-3-7(10)8(11)4-6/h2-5,11H,9-10H2,1H3/t5-/m1/s1. The Labute approximate surface area is 65.6 Å². The molecule has 0 aliphatic carbocycles. The fraction of sp³-hybridized carbons (Fsp3) is 0.250. The largest absolute Gasteiger partial charge is 0.506 e. The van der Waals surface area contributed by atoms with Crippen LogP contribution in [0.4, 0.5) is 5.69 Å². The minimum absolute atomic E-state index is 0.0681. The maximum absolute atomic E-state index is 9.17. The Kier molecular flexibility index (Phi) is 2.01. The van der Waals surface area contributed by atoms with Gasteiger partial charge < -0.3 is 16.6 Å². The summed E-state index contributed by atoms with van der Waals surface area (Å²) in [7, 11) is 0. The first-order valence-corrected chi connectivity index (χ1v) is 3.45. The van der Waals surface area contributed by atoms with E-state index in [9.17, 15) is 0 Å². The number of hydrogen-bond donors (Lipinski definition) is 3. The number of phenols is 1. The Morgan fingerprint density at radius 1 is 1.45 bits per heavy atom. The Morgan fingerprint density at radius 2 is 2.09 bits per heavy atom. The smallest absolute Gasteiger partial charge is 0.138 e. The highest BCUT2D eigenvalue weighted by molar-refractivity contribution is 5.53. The predicted molar refractivity (Wildman–Crippen MR) is 45.1 cm³/mol. The Morgan fingerprint density at radius 3 is 2.55 bits per heavy atom. The summed E-state index contributed by atoms with van der Waals surface area (Å²) >= 11 is 0. The van der Waals surface area contributed by atoms with E-state index in [2.05, 4.69) is 0 Å². The van der Waals surface area contributed by atoms with Crippen LogP contribution in [0.2, 0.25) is 0 Å². The summed E-state index contributed by atoms with van der Waals surface area (Å²) in [6.07, 6.45) is 0. The third-order valence-electron chi connectivity index (χ3n) is 1.58. The van der Waals surface area contributed by atoms with E-state index in [0.717, 1.165) is 5.56 Å². The van der Waals surface area contributed by atoms with Crippen LogP contribution in [0, 0.1) is 0 Å². The van der Waals surface area contributed by atoms with Crippen molar-refractivity contribution >= 4 is 5.69 Å². The number of nitrogen functional groups attached to an aromatic ring is 1. The molecule has 1 aromatic carbocycles. The molecular formula is C8H12N2O. The highest BCUT2D eigenvalue weighted by Gasteiger charge is 2.01. The molecule has 0 unspecified atom stereocenters. The number of nitrogens with two attached hydrogens (primary N) is 2. The van der Waals surface area contributed by atoms with Crippen molar-refractivity contribution in [3.63, 3.8) is 0 Å². The summed E-state index contributed by atoms with van der Waals surface area (Å²) < 4.78 is 0. The molecule has 0 heterocycles. The van der Waals surface area contributed by atoms with Crippen molar-refractivity contribution in [2.45, 2.75) is 13.0 Å². The first-order valence-electron chi connectivity index (χ1n) is 3.45. The van der Waals surface area contributed by atoms with Gasteiger partial charge in [0.25, 0.3) is 0 Å². The van der Waals surface area contributed by atoms with Gasteiger partial charge in [-0.2, -0.15) is 0 Å². The zero-order valence-corrected chi connectivity index (χ0v) is 6.41. The summed E-state index contributed by atoms with van der Waals surface area (Å²) in [6.45, 7) is 1.85. The summed E-state index contributed by atoms with van der Waals surface area (Å²) in [5.74, 6) is 0.0970. The quantitative estimate of drug-likeness (QED) is 0.415. The number of rotatable bonds is 1. The number of benzene rings is 1. The topological polar surface area (TPSA) is 72.3 Å². The lowest BCUT2D eigenvalue weighted by Crippen LogP contribution is -2.04. The van der Waals surface area contributed by atoms with Crippen LogP contribution in [0.5, 0.6) is 5.75 Å². The Balaban J connectivity index is 3.05. The van der Waals surface area contributed by atoms with Crippen LogP contribution in [-0.4, -0.2) is 5.11 Å². The molecule has 1 rings (SSSR count). The van der Waals surface area contributed by atoms with E-state index in [0.29, 0.717) is 5.69 Å². The monoisotopic (exact) mass is 152 g/mol.